The molecule has 0 aromatic rings. The van der Waals surface area contributed by atoms with Gasteiger partial charge < -0.3 is 0 Å². The van der Waals surface area contributed by atoms with E-state index in [4.69, 9.17) is 0 Å². The maximum Gasteiger partial charge on any atom is 0.0655 e. The molecule has 0 aromatic heterocycles. The predicted molar refractivity (Wildman–Crippen MR) is 53.0 cm³/mol. The van der Waals surface area contributed by atoms with Gasteiger partial charge in [0.2, 0.25) is 0 Å². The Morgan fingerprint density at radius 2 is 1.91 bits per heavy atom. The minimum absolute atomic E-state index is 0.646. The fourth-order valence-corrected chi connectivity index (χ4v) is 2.49. The molecule has 0 aliphatic carbocycles. The molecule has 1 fully saturated rings. The molecule has 1 unspecified atom stereocenters. The van der Waals surface area contributed by atoms with E-state index in [1.165, 1.54) is 45.2 Å². The van der Waals surface area contributed by atoms with Gasteiger partial charge in [-0.25, -0.2) is 0 Å². The quantitative estimate of drug-likeness (QED) is 0.522. The van der Waals surface area contributed by atoms with Crippen molar-refractivity contribution in [1.29, 1.82) is 0 Å². The smallest absolute Gasteiger partial charge is 0.0655 e. The molecule has 2 heteroatoms. The standard InChI is InChI=1S/C9H18BrN/c1-2-6-9(10)11-7-4-3-5-8-11/h9H,2-8H2,1H3. The molecule has 0 aromatic carbocycles. The second-order valence-corrected chi connectivity index (χ2v) is 4.38. The summed E-state index contributed by atoms with van der Waals surface area (Å²) in [6.45, 7) is 4.85. The number of likely N-dealkylation sites (tertiary alicyclic amines) is 1. The molecule has 1 aliphatic heterocycles. The van der Waals surface area contributed by atoms with Gasteiger partial charge in [-0.15, -0.1) is 0 Å². The second kappa shape index (κ2) is 5.15. The van der Waals surface area contributed by atoms with Crippen LogP contribution in [0.1, 0.15) is 39.0 Å². The van der Waals surface area contributed by atoms with Crippen LogP contribution in [0.2, 0.25) is 0 Å². The Morgan fingerprint density at radius 1 is 1.27 bits per heavy atom. The Balaban J connectivity index is 2.21. The number of hydrogen-bond acceptors (Lipinski definition) is 1. The molecule has 0 saturated carbocycles. The lowest BCUT2D eigenvalue weighted by Gasteiger charge is -2.30. The molecular formula is C9H18BrN. The van der Waals surface area contributed by atoms with Crippen LogP contribution in [0.3, 0.4) is 0 Å². The van der Waals surface area contributed by atoms with Crippen LogP contribution in [0.25, 0.3) is 0 Å². The zero-order valence-electron chi connectivity index (χ0n) is 7.35. The van der Waals surface area contributed by atoms with Gasteiger partial charge in [0.25, 0.3) is 0 Å². The first kappa shape index (κ1) is 9.53. The van der Waals surface area contributed by atoms with Crippen molar-refractivity contribution < 1.29 is 0 Å². The molecule has 1 atom stereocenters. The van der Waals surface area contributed by atoms with E-state index in [1.54, 1.807) is 0 Å². The highest BCUT2D eigenvalue weighted by Gasteiger charge is 2.16. The van der Waals surface area contributed by atoms with Gasteiger partial charge in [0, 0.05) is 0 Å². The Hall–Kier alpha value is 0.440. The van der Waals surface area contributed by atoms with Crippen molar-refractivity contribution in [1.82, 2.24) is 4.90 Å². The largest absolute Gasteiger partial charge is 0.291 e. The summed E-state index contributed by atoms with van der Waals surface area (Å²) < 4.78 is 0. The van der Waals surface area contributed by atoms with Gasteiger partial charge in [0.1, 0.15) is 0 Å². The maximum atomic E-state index is 3.73. The van der Waals surface area contributed by atoms with E-state index in [1.807, 2.05) is 0 Å². The first-order valence-corrected chi connectivity index (χ1v) is 5.64. The van der Waals surface area contributed by atoms with E-state index >= 15 is 0 Å². The number of piperidine rings is 1. The summed E-state index contributed by atoms with van der Waals surface area (Å²) in [5, 5.41) is 0. The van der Waals surface area contributed by atoms with Crippen molar-refractivity contribution in [3.63, 3.8) is 0 Å². The van der Waals surface area contributed by atoms with Crippen molar-refractivity contribution in [2.75, 3.05) is 13.1 Å². The number of halogens is 1. The van der Waals surface area contributed by atoms with Gasteiger partial charge in [-0.2, -0.15) is 0 Å². The number of alkyl halides is 1. The summed E-state index contributed by atoms with van der Waals surface area (Å²) in [6, 6.07) is 0. The topological polar surface area (TPSA) is 3.24 Å². The predicted octanol–water partition coefficient (Wildman–Crippen LogP) is 2.99. The Morgan fingerprint density at radius 3 is 2.45 bits per heavy atom. The van der Waals surface area contributed by atoms with Crippen LogP contribution in [0.5, 0.6) is 0 Å². The van der Waals surface area contributed by atoms with Gasteiger partial charge in [0.15, 0.2) is 0 Å². The van der Waals surface area contributed by atoms with Crippen LogP contribution in [-0.4, -0.2) is 22.9 Å². The van der Waals surface area contributed by atoms with Gasteiger partial charge in [-0.3, -0.25) is 4.90 Å². The lowest BCUT2D eigenvalue weighted by molar-refractivity contribution is 0.210. The molecule has 0 radical (unpaired) electrons. The second-order valence-electron chi connectivity index (χ2n) is 3.32. The van der Waals surface area contributed by atoms with Crippen LogP contribution < -0.4 is 0 Å². The summed E-state index contributed by atoms with van der Waals surface area (Å²) in [6.07, 6.45) is 6.80. The van der Waals surface area contributed by atoms with Crippen LogP contribution in [0.15, 0.2) is 0 Å². The van der Waals surface area contributed by atoms with Crippen molar-refractivity contribution in [3.8, 4) is 0 Å². The Bertz CT molecular complexity index is 99.7. The fraction of sp³-hybridized carbons (Fsp3) is 1.00. The number of hydrogen-bond donors (Lipinski definition) is 0. The third kappa shape index (κ3) is 3.12. The maximum absolute atomic E-state index is 3.73. The monoisotopic (exact) mass is 219 g/mol. The molecule has 1 heterocycles. The minimum atomic E-state index is 0.646. The highest BCUT2D eigenvalue weighted by molar-refractivity contribution is 9.09. The lowest BCUT2D eigenvalue weighted by atomic mass is 10.1. The molecule has 0 bridgehead atoms. The highest BCUT2D eigenvalue weighted by atomic mass is 79.9. The summed E-state index contributed by atoms with van der Waals surface area (Å²) >= 11 is 3.73. The van der Waals surface area contributed by atoms with Crippen LogP contribution in [0, 0.1) is 0 Å². The van der Waals surface area contributed by atoms with E-state index in [-0.39, 0.29) is 0 Å². The average molecular weight is 220 g/mol. The number of rotatable bonds is 3. The summed E-state index contributed by atoms with van der Waals surface area (Å²) in [5.74, 6) is 0. The third-order valence-electron chi connectivity index (χ3n) is 2.31. The van der Waals surface area contributed by atoms with Crippen LogP contribution in [-0.2, 0) is 0 Å². The third-order valence-corrected chi connectivity index (χ3v) is 3.35. The zero-order valence-corrected chi connectivity index (χ0v) is 8.94. The summed E-state index contributed by atoms with van der Waals surface area (Å²) in [5.41, 5.74) is 0. The van der Waals surface area contributed by atoms with E-state index < -0.39 is 0 Å². The molecule has 66 valence electrons. The van der Waals surface area contributed by atoms with Crippen molar-refractivity contribution in [2.24, 2.45) is 0 Å². The molecule has 1 rings (SSSR count). The SMILES string of the molecule is CCCC(Br)N1CCCCC1. The lowest BCUT2D eigenvalue weighted by Crippen LogP contribution is -2.35. The minimum Gasteiger partial charge on any atom is -0.291 e. The molecule has 1 nitrogen and oxygen atoms in total. The van der Waals surface area contributed by atoms with Crippen LogP contribution in [0.4, 0.5) is 0 Å². The van der Waals surface area contributed by atoms with Crippen molar-refractivity contribution in [3.05, 3.63) is 0 Å². The zero-order chi connectivity index (χ0) is 8.10. The summed E-state index contributed by atoms with van der Waals surface area (Å²) in [4.78, 5) is 3.21. The van der Waals surface area contributed by atoms with Crippen molar-refractivity contribution in [2.45, 2.75) is 44.0 Å². The fourth-order valence-electron chi connectivity index (χ4n) is 1.62. The van der Waals surface area contributed by atoms with E-state index in [2.05, 4.69) is 27.8 Å². The van der Waals surface area contributed by atoms with Gasteiger partial charge >= 0.3 is 0 Å². The first-order valence-electron chi connectivity index (χ1n) is 4.72. The molecule has 11 heavy (non-hydrogen) atoms. The molecule has 1 aliphatic rings. The average Bonchev–Trinajstić information content (AvgIpc) is 2.07. The van der Waals surface area contributed by atoms with Gasteiger partial charge in [0.05, 0.1) is 4.95 Å². The molecule has 0 spiro atoms. The summed E-state index contributed by atoms with van der Waals surface area (Å²) in [7, 11) is 0. The van der Waals surface area contributed by atoms with E-state index in [9.17, 15) is 0 Å². The highest BCUT2D eigenvalue weighted by Crippen LogP contribution is 2.18. The first-order chi connectivity index (χ1) is 5.34. The molecule has 0 amide bonds. The molecular weight excluding hydrogens is 202 g/mol. The van der Waals surface area contributed by atoms with Crippen LogP contribution >= 0.6 is 15.9 Å². The van der Waals surface area contributed by atoms with Gasteiger partial charge in [-0.1, -0.05) is 35.7 Å². The van der Waals surface area contributed by atoms with E-state index in [0.717, 1.165) is 0 Å². The molecule has 0 N–H and O–H groups in total. The Labute approximate surface area is 78.3 Å². The Kier molecular flexibility index (Phi) is 4.46. The van der Waals surface area contributed by atoms with E-state index in [0.29, 0.717) is 4.95 Å². The van der Waals surface area contributed by atoms with Crippen molar-refractivity contribution >= 4 is 15.9 Å². The number of nitrogens with zero attached hydrogens (tertiary/aromatic N) is 1. The molecule has 1 saturated heterocycles. The normalized spacial score (nSPS) is 23.5. The van der Waals surface area contributed by atoms with Gasteiger partial charge in [-0.05, 0) is 32.4 Å².